The van der Waals surface area contributed by atoms with Crippen LogP contribution in [0, 0.1) is 11.3 Å². The summed E-state index contributed by atoms with van der Waals surface area (Å²) in [7, 11) is 1.33. The lowest BCUT2D eigenvalue weighted by molar-refractivity contribution is -0.135. The molecule has 32 heavy (non-hydrogen) atoms. The summed E-state index contributed by atoms with van der Waals surface area (Å²) in [5, 5.41) is 11.4. The lowest BCUT2D eigenvalue weighted by atomic mass is 10.0. The third-order valence-electron chi connectivity index (χ3n) is 4.99. The second-order valence-corrected chi connectivity index (χ2v) is 8.97. The second-order valence-electron chi connectivity index (χ2n) is 8.97. The van der Waals surface area contributed by atoms with Crippen molar-refractivity contribution in [2.75, 3.05) is 12.4 Å². The highest BCUT2D eigenvalue weighted by molar-refractivity contribution is 6.18. The zero-order valence-corrected chi connectivity index (χ0v) is 19.2. The SMILES string of the molecule is COC(=O)/C(C(C)=N)=C(/Nc1cccc(-c2cccc(C(=O)OC(C)(C)C)c2)c1)C1CC1. The van der Waals surface area contributed by atoms with E-state index in [1.807, 2.05) is 63.2 Å². The van der Waals surface area contributed by atoms with Crippen LogP contribution in [-0.4, -0.2) is 30.4 Å². The van der Waals surface area contributed by atoms with Crippen LogP contribution in [0.4, 0.5) is 5.69 Å². The average molecular weight is 435 g/mol. The Morgan fingerprint density at radius 3 is 2.22 bits per heavy atom. The van der Waals surface area contributed by atoms with Crippen LogP contribution in [0.1, 0.15) is 50.9 Å². The van der Waals surface area contributed by atoms with Gasteiger partial charge in [0.05, 0.1) is 18.2 Å². The molecule has 0 amide bonds. The summed E-state index contributed by atoms with van der Waals surface area (Å²) in [4.78, 5) is 24.8. The van der Waals surface area contributed by atoms with E-state index in [0.29, 0.717) is 5.56 Å². The van der Waals surface area contributed by atoms with Gasteiger partial charge in [-0.3, -0.25) is 0 Å². The van der Waals surface area contributed by atoms with E-state index in [9.17, 15) is 9.59 Å². The van der Waals surface area contributed by atoms with Gasteiger partial charge in [0.15, 0.2) is 0 Å². The van der Waals surface area contributed by atoms with Crippen molar-refractivity contribution in [1.29, 1.82) is 5.41 Å². The van der Waals surface area contributed by atoms with Gasteiger partial charge in [0, 0.05) is 17.1 Å². The number of hydrogen-bond acceptors (Lipinski definition) is 6. The van der Waals surface area contributed by atoms with E-state index in [1.165, 1.54) is 7.11 Å². The molecule has 0 aliphatic heterocycles. The van der Waals surface area contributed by atoms with E-state index < -0.39 is 11.6 Å². The van der Waals surface area contributed by atoms with Crippen LogP contribution in [0.2, 0.25) is 0 Å². The Morgan fingerprint density at radius 1 is 1.03 bits per heavy atom. The second kappa shape index (κ2) is 9.39. The predicted molar refractivity (Wildman–Crippen MR) is 126 cm³/mol. The molecule has 6 heteroatoms. The molecule has 0 saturated heterocycles. The average Bonchev–Trinajstić information content (AvgIpc) is 3.57. The van der Waals surface area contributed by atoms with Gasteiger partial charge in [0.25, 0.3) is 0 Å². The molecule has 1 aliphatic carbocycles. The van der Waals surface area contributed by atoms with E-state index in [-0.39, 0.29) is 23.2 Å². The molecular formula is C26H30N2O4. The van der Waals surface area contributed by atoms with Crippen molar-refractivity contribution in [3.05, 3.63) is 65.4 Å². The molecule has 168 valence electrons. The number of anilines is 1. The Balaban J connectivity index is 1.92. The van der Waals surface area contributed by atoms with Crippen molar-refractivity contribution < 1.29 is 19.1 Å². The third kappa shape index (κ3) is 5.84. The summed E-state index contributed by atoms with van der Waals surface area (Å²) >= 11 is 0. The molecule has 2 aromatic carbocycles. The van der Waals surface area contributed by atoms with Gasteiger partial charge in [-0.15, -0.1) is 0 Å². The van der Waals surface area contributed by atoms with Crippen LogP contribution in [0.3, 0.4) is 0 Å². The van der Waals surface area contributed by atoms with Crippen LogP contribution in [0.15, 0.2) is 59.8 Å². The Morgan fingerprint density at radius 2 is 1.66 bits per heavy atom. The molecule has 0 heterocycles. The van der Waals surface area contributed by atoms with Gasteiger partial charge in [0.2, 0.25) is 0 Å². The van der Waals surface area contributed by atoms with Crippen LogP contribution < -0.4 is 5.32 Å². The molecule has 0 atom stereocenters. The Hall–Kier alpha value is -3.41. The van der Waals surface area contributed by atoms with E-state index in [0.717, 1.165) is 35.4 Å². The first-order valence-corrected chi connectivity index (χ1v) is 10.7. The Bertz CT molecular complexity index is 1080. The van der Waals surface area contributed by atoms with Crippen molar-refractivity contribution >= 4 is 23.3 Å². The summed E-state index contributed by atoms with van der Waals surface area (Å²) in [6.07, 6.45) is 1.93. The van der Waals surface area contributed by atoms with Gasteiger partial charge in [-0.25, -0.2) is 9.59 Å². The minimum absolute atomic E-state index is 0.174. The fourth-order valence-electron chi connectivity index (χ4n) is 3.40. The topological polar surface area (TPSA) is 88.5 Å². The van der Waals surface area contributed by atoms with Crippen molar-refractivity contribution in [2.45, 2.75) is 46.1 Å². The van der Waals surface area contributed by atoms with Gasteiger partial charge in [-0.05, 0) is 81.8 Å². The van der Waals surface area contributed by atoms with Gasteiger partial charge >= 0.3 is 11.9 Å². The summed E-state index contributed by atoms with van der Waals surface area (Å²) in [5.74, 6) is -0.659. The monoisotopic (exact) mass is 434 g/mol. The number of hydrogen-bond donors (Lipinski definition) is 2. The number of rotatable bonds is 7. The van der Waals surface area contributed by atoms with Gasteiger partial charge in [-0.2, -0.15) is 0 Å². The van der Waals surface area contributed by atoms with Gasteiger partial charge in [-0.1, -0.05) is 24.3 Å². The first-order chi connectivity index (χ1) is 15.1. The molecule has 1 saturated carbocycles. The lowest BCUT2D eigenvalue weighted by Crippen LogP contribution is -2.23. The molecule has 0 unspecified atom stereocenters. The summed E-state index contributed by atoms with van der Waals surface area (Å²) in [6.45, 7) is 7.11. The minimum atomic E-state index is -0.563. The molecule has 6 nitrogen and oxygen atoms in total. The summed E-state index contributed by atoms with van der Waals surface area (Å²) < 4.78 is 10.4. The van der Waals surface area contributed by atoms with Crippen LogP contribution in [0.25, 0.3) is 11.1 Å². The molecule has 0 aromatic heterocycles. The Kier molecular flexibility index (Phi) is 6.82. The van der Waals surface area contributed by atoms with Crippen molar-refractivity contribution in [2.24, 2.45) is 5.92 Å². The Labute approximate surface area is 189 Å². The number of allylic oxidation sites excluding steroid dienone is 1. The lowest BCUT2D eigenvalue weighted by Gasteiger charge is -2.19. The fraction of sp³-hybridized carbons (Fsp3) is 0.346. The molecule has 1 aliphatic rings. The molecule has 0 radical (unpaired) electrons. The standard InChI is InChI=1S/C26H30N2O4/c1-16(27)22(25(30)31-5)23(17-12-13-17)28-21-11-7-9-19(15-21)18-8-6-10-20(14-18)24(29)32-26(2,3)4/h6-11,14-15,17,27-28H,12-13H2,1-5H3/b23-22+,27-16?. The van der Waals surface area contributed by atoms with E-state index in [1.54, 1.807) is 13.0 Å². The number of esters is 2. The first kappa shape index (κ1) is 23.3. The summed E-state index contributed by atoms with van der Waals surface area (Å²) in [6, 6.07) is 15.1. The van der Waals surface area contributed by atoms with E-state index >= 15 is 0 Å². The molecule has 2 aromatic rings. The predicted octanol–water partition coefficient (Wildman–Crippen LogP) is 5.60. The van der Waals surface area contributed by atoms with Gasteiger partial charge in [0.1, 0.15) is 5.60 Å². The molecular weight excluding hydrogens is 404 g/mol. The van der Waals surface area contributed by atoms with E-state index in [2.05, 4.69) is 5.32 Å². The third-order valence-corrected chi connectivity index (χ3v) is 4.99. The molecule has 0 bridgehead atoms. The minimum Gasteiger partial charge on any atom is -0.465 e. The number of benzene rings is 2. The van der Waals surface area contributed by atoms with Gasteiger partial charge < -0.3 is 20.2 Å². The molecule has 0 spiro atoms. The van der Waals surface area contributed by atoms with Crippen LogP contribution in [0.5, 0.6) is 0 Å². The van der Waals surface area contributed by atoms with Crippen molar-refractivity contribution in [1.82, 2.24) is 0 Å². The maximum atomic E-state index is 12.5. The fourth-order valence-corrected chi connectivity index (χ4v) is 3.40. The van der Waals surface area contributed by atoms with Crippen molar-refractivity contribution in [3.8, 4) is 11.1 Å². The zero-order valence-electron chi connectivity index (χ0n) is 19.2. The number of methoxy groups -OCH3 is 1. The largest absolute Gasteiger partial charge is 0.465 e. The molecule has 3 rings (SSSR count). The highest BCUT2D eigenvalue weighted by Gasteiger charge is 2.32. The van der Waals surface area contributed by atoms with E-state index in [4.69, 9.17) is 14.9 Å². The normalized spacial score (nSPS) is 14.3. The number of carbonyl (C=O) groups is 2. The van der Waals surface area contributed by atoms with Crippen molar-refractivity contribution in [3.63, 3.8) is 0 Å². The first-order valence-electron chi connectivity index (χ1n) is 10.7. The summed E-state index contributed by atoms with van der Waals surface area (Å²) in [5.41, 5.74) is 3.71. The van der Waals surface area contributed by atoms with Crippen LogP contribution in [-0.2, 0) is 14.3 Å². The maximum Gasteiger partial charge on any atom is 0.341 e. The number of ether oxygens (including phenoxy) is 2. The zero-order chi connectivity index (χ0) is 23.5. The smallest absolute Gasteiger partial charge is 0.341 e. The highest BCUT2D eigenvalue weighted by atomic mass is 16.6. The molecule has 2 N–H and O–H groups in total. The van der Waals surface area contributed by atoms with Crippen LogP contribution >= 0.6 is 0 Å². The maximum absolute atomic E-state index is 12.5. The highest BCUT2D eigenvalue weighted by Crippen LogP contribution is 2.39. The number of carbonyl (C=O) groups excluding carboxylic acids is 2. The quantitative estimate of drug-likeness (QED) is 0.336. The molecule has 1 fully saturated rings. The number of nitrogens with one attached hydrogen (secondary N) is 2.